The Bertz CT molecular complexity index is 940. The number of methoxy groups -OCH3 is 1. The first kappa shape index (κ1) is 18.7. The topological polar surface area (TPSA) is 63.2 Å². The van der Waals surface area contributed by atoms with E-state index in [0.29, 0.717) is 10.8 Å². The maximum atomic E-state index is 12.7. The summed E-state index contributed by atoms with van der Waals surface area (Å²) in [5.74, 6) is 0.155. The summed E-state index contributed by atoms with van der Waals surface area (Å²) < 4.78 is 43.2. The van der Waals surface area contributed by atoms with Crippen LogP contribution in [0.1, 0.15) is 16.1 Å². The van der Waals surface area contributed by atoms with E-state index in [2.05, 4.69) is 15.8 Å². The van der Waals surface area contributed by atoms with Crippen molar-refractivity contribution >= 4 is 22.9 Å². The Morgan fingerprint density at radius 1 is 1.15 bits per heavy atom. The Balaban J connectivity index is 1.66. The number of nitrogens with zero attached hydrogens (tertiary/aromatic N) is 1. The van der Waals surface area contributed by atoms with Crippen molar-refractivity contribution in [3.63, 3.8) is 0 Å². The third kappa shape index (κ3) is 4.56. The summed E-state index contributed by atoms with van der Waals surface area (Å²) in [4.78, 5) is 16.4. The molecule has 27 heavy (non-hydrogen) atoms. The fraction of sp³-hybridized carbons (Fsp3) is 0.111. The van der Waals surface area contributed by atoms with E-state index < -0.39 is 17.6 Å². The van der Waals surface area contributed by atoms with Gasteiger partial charge in [0.05, 0.1) is 18.4 Å². The highest BCUT2D eigenvalue weighted by atomic mass is 32.1. The van der Waals surface area contributed by atoms with Gasteiger partial charge in [0, 0.05) is 10.9 Å². The molecule has 1 amide bonds. The molecule has 0 radical (unpaired) electrons. The lowest BCUT2D eigenvalue weighted by molar-refractivity contribution is -0.137. The van der Waals surface area contributed by atoms with Crippen LogP contribution >= 0.6 is 11.3 Å². The molecule has 2 N–H and O–H groups in total. The van der Waals surface area contributed by atoms with Crippen molar-refractivity contribution in [3.8, 4) is 16.3 Å². The van der Waals surface area contributed by atoms with Crippen LogP contribution in [0, 0.1) is 0 Å². The second-order valence-corrected chi connectivity index (χ2v) is 6.28. The van der Waals surface area contributed by atoms with Gasteiger partial charge in [-0.1, -0.05) is 6.07 Å². The van der Waals surface area contributed by atoms with Gasteiger partial charge in [0.1, 0.15) is 16.5 Å². The van der Waals surface area contributed by atoms with Crippen LogP contribution in [0.2, 0.25) is 0 Å². The molecule has 0 saturated heterocycles. The van der Waals surface area contributed by atoms with Gasteiger partial charge in [-0.3, -0.25) is 15.6 Å². The molecule has 0 unspecified atom stereocenters. The first-order chi connectivity index (χ1) is 12.9. The van der Waals surface area contributed by atoms with Crippen LogP contribution in [-0.4, -0.2) is 18.0 Å². The van der Waals surface area contributed by atoms with Gasteiger partial charge in [-0.15, -0.1) is 11.3 Å². The number of ether oxygens (including phenoxy) is 1. The number of thiazole rings is 1. The van der Waals surface area contributed by atoms with Crippen LogP contribution < -0.4 is 15.6 Å². The van der Waals surface area contributed by atoms with Crippen molar-refractivity contribution in [3.05, 3.63) is 65.2 Å². The fourth-order valence-corrected chi connectivity index (χ4v) is 3.02. The third-order valence-electron chi connectivity index (χ3n) is 3.58. The highest BCUT2D eigenvalue weighted by Gasteiger charge is 2.30. The minimum atomic E-state index is -4.45. The number of hydrogen-bond donors (Lipinski definition) is 2. The van der Waals surface area contributed by atoms with Crippen molar-refractivity contribution in [1.82, 2.24) is 10.4 Å². The number of anilines is 1. The van der Waals surface area contributed by atoms with Gasteiger partial charge in [-0.25, -0.2) is 4.98 Å². The van der Waals surface area contributed by atoms with Gasteiger partial charge >= 0.3 is 6.18 Å². The highest BCUT2D eigenvalue weighted by molar-refractivity contribution is 7.13. The Labute approximate surface area is 156 Å². The van der Waals surface area contributed by atoms with Gasteiger partial charge in [0.2, 0.25) is 0 Å². The third-order valence-corrected chi connectivity index (χ3v) is 4.48. The molecule has 0 spiro atoms. The summed E-state index contributed by atoms with van der Waals surface area (Å²) in [6, 6.07) is 11.7. The molecule has 3 rings (SSSR count). The van der Waals surface area contributed by atoms with Crippen molar-refractivity contribution < 1.29 is 22.7 Å². The molecule has 0 aliphatic rings. The molecule has 0 bridgehead atoms. The van der Waals surface area contributed by atoms with Gasteiger partial charge in [0.15, 0.2) is 0 Å². The van der Waals surface area contributed by atoms with Crippen LogP contribution in [0.15, 0.2) is 53.9 Å². The minimum Gasteiger partial charge on any atom is -0.497 e. The van der Waals surface area contributed by atoms with E-state index in [1.54, 1.807) is 24.6 Å². The average Bonchev–Trinajstić information content (AvgIpc) is 3.16. The van der Waals surface area contributed by atoms with Crippen LogP contribution in [0.25, 0.3) is 10.6 Å². The zero-order valence-corrected chi connectivity index (χ0v) is 14.8. The zero-order valence-electron chi connectivity index (χ0n) is 14.0. The number of halogens is 3. The van der Waals surface area contributed by atoms with Crippen LogP contribution in [-0.2, 0) is 6.18 Å². The summed E-state index contributed by atoms with van der Waals surface area (Å²) in [5, 5.41) is 2.21. The van der Waals surface area contributed by atoms with Crippen molar-refractivity contribution in [1.29, 1.82) is 0 Å². The standard InChI is InChI=1S/C18H14F3N3O2S/c1-26-14-7-5-11(6-8-14)17-22-15(10-27-17)16(25)24-23-13-4-2-3-12(9-13)18(19,20)21/h2-10,23H,1H3,(H,24,25). The summed E-state index contributed by atoms with van der Waals surface area (Å²) in [5.41, 5.74) is 5.10. The number of carbonyl (C=O) groups excluding carboxylic acids is 1. The molecule has 1 aromatic heterocycles. The molecule has 0 aliphatic heterocycles. The number of carbonyl (C=O) groups is 1. The molecule has 0 atom stereocenters. The predicted octanol–water partition coefficient (Wildman–Crippen LogP) is 4.59. The monoisotopic (exact) mass is 393 g/mol. The van der Waals surface area contributed by atoms with E-state index in [1.165, 1.54) is 23.5 Å². The van der Waals surface area contributed by atoms with E-state index in [0.717, 1.165) is 17.7 Å². The largest absolute Gasteiger partial charge is 0.497 e. The van der Waals surface area contributed by atoms with Gasteiger partial charge in [-0.2, -0.15) is 13.2 Å². The summed E-state index contributed by atoms with van der Waals surface area (Å²) in [7, 11) is 1.57. The first-order valence-corrected chi connectivity index (χ1v) is 8.58. The first-order valence-electron chi connectivity index (χ1n) is 7.70. The van der Waals surface area contributed by atoms with Gasteiger partial charge in [0.25, 0.3) is 5.91 Å². The van der Waals surface area contributed by atoms with E-state index in [4.69, 9.17) is 4.74 Å². The normalized spacial score (nSPS) is 11.1. The van der Waals surface area contributed by atoms with E-state index in [-0.39, 0.29) is 11.4 Å². The number of benzene rings is 2. The molecule has 0 saturated carbocycles. The Hall–Kier alpha value is -3.07. The maximum absolute atomic E-state index is 12.7. The summed E-state index contributed by atoms with van der Waals surface area (Å²) in [6.07, 6.45) is -4.45. The molecule has 1 heterocycles. The maximum Gasteiger partial charge on any atom is 0.416 e. The lowest BCUT2D eigenvalue weighted by atomic mass is 10.2. The number of rotatable bonds is 5. The smallest absolute Gasteiger partial charge is 0.416 e. The van der Waals surface area contributed by atoms with E-state index >= 15 is 0 Å². The molecule has 5 nitrogen and oxygen atoms in total. The number of hydrazine groups is 1. The molecule has 3 aromatic rings. The van der Waals surface area contributed by atoms with Crippen LogP contribution in [0.3, 0.4) is 0 Å². The van der Waals surface area contributed by atoms with Gasteiger partial charge < -0.3 is 4.74 Å². The number of nitrogens with one attached hydrogen (secondary N) is 2. The van der Waals surface area contributed by atoms with Crippen LogP contribution in [0.5, 0.6) is 5.75 Å². The number of amides is 1. The molecular weight excluding hydrogens is 379 g/mol. The molecule has 0 aliphatic carbocycles. The SMILES string of the molecule is COc1ccc(-c2nc(C(=O)NNc3cccc(C(F)(F)F)c3)cs2)cc1. The van der Waals surface area contributed by atoms with E-state index in [9.17, 15) is 18.0 Å². The quantitative estimate of drug-likeness (QED) is 0.622. The molecule has 0 fully saturated rings. The highest BCUT2D eigenvalue weighted by Crippen LogP contribution is 2.30. The van der Waals surface area contributed by atoms with Crippen molar-refractivity contribution in [2.75, 3.05) is 12.5 Å². The Morgan fingerprint density at radius 3 is 2.56 bits per heavy atom. The molecule has 140 valence electrons. The van der Waals surface area contributed by atoms with Crippen LogP contribution in [0.4, 0.5) is 18.9 Å². The number of hydrogen-bond acceptors (Lipinski definition) is 5. The summed E-state index contributed by atoms with van der Waals surface area (Å²) >= 11 is 1.28. The van der Waals surface area contributed by atoms with Crippen molar-refractivity contribution in [2.45, 2.75) is 6.18 Å². The minimum absolute atomic E-state index is 0.115. The van der Waals surface area contributed by atoms with Gasteiger partial charge in [-0.05, 0) is 42.5 Å². The average molecular weight is 393 g/mol. The molecular formula is C18H14F3N3O2S. The predicted molar refractivity (Wildman–Crippen MR) is 96.6 cm³/mol. The molecule has 2 aromatic carbocycles. The number of alkyl halides is 3. The Kier molecular flexibility index (Phi) is 5.31. The second kappa shape index (κ2) is 7.67. The van der Waals surface area contributed by atoms with E-state index in [1.807, 2.05) is 12.1 Å². The second-order valence-electron chi connectivity index (χ2n) is 5.42. The molecule has 9 heteroatoms. The Morgan fingerprint density at radius 2 is 1.89 bits per heavy atom. The lowest BCUT2D eigenvalue weighted by Gasteiger charge is -2.10. The number of aromatic nitrogens is 1. The lowest BCUT2D eigenvalue weighted by Crippen LogP contribution is -2.29. The fourth-order valence-electron chi connectivity index (χ4n) is 2.21. The zero-order chi connectivity index (χ0) is 19.4. The summed E-state index contributed by atoms with van der Waals surface area (Å²) in [6.45, 7) is 0. The van der Waals surface area contributed by atoms with Crippen molar-refractivity contribution in [2.24, 2.45) is 0 Å².